The average molecular weight is 444 g/mol. The molecule has 0 saturated carbocycles. The van der Waals surface area contributed by atoms with Crippen LogP contribution in [-0.2, 0) is 11.8 Å². The summed E-state index contributed by atoms with van der Waals surface area (Å²) in [5.74, 6) is 0.303. The molecule has 0 saturated heterocycles. The van der Waals surface area contributed by atoms with Crippen molar-refractivity contribution in [1.82, 2.24) is 14.9 Å². The molecule has 3 aromatic rings. The molecular weight excluding hydrogens is 413 g/mol. The maximum absolute atomic E-state index is 14.4. The van der Waals surface area contributed by atoms with Crippen molar-refractivity contribution < 1.29 is 18.7 Å². The summed E-state index contributed by atoms with van der Waals surface area (Å²) < 4.78 is 27.2. The van der Waals surface area contributed by atoms with Crippen molar-refractivity contribution in [1.29, 1.82) is 0 Å². The molecule has 0 radical (unpaired) electrons. The predicted octanol–water partition coefficient (Wildman–Crippen LogP) is 4.54. The number of fused-ring (bicyclic) bond motifs is 3. The number of carbonyl (C=O) groups excluding carboxylic acids is 1. The van der Waals surface area contributed by atoms with E-state index in [9.17, 15) is 14.0 Å². The highest BCUT2D eigenvalue weighted by atomic mass is 19.1. The fourth-order valence-corrected chi connectivity index (χ4v) is 3.66. The highest BCUT2D eigenvalue weighted by molar-refractivity contribution is 6.05. The van der Waals surface area contributed by atoms with Gasteiger partial charge in [0.05, 0.1) is 23.1 Å². The van der Waals surface area contributed by atoms with Gasteiger partial charge in [0.25, 0.3) is 5.56 Å². The molecule has 1 aromatic carbocycles. The number of hydrogen-bond donors (Lipinski definition) is 1. The number of nitrogens with one attached hydrogen (secondary N) is 1. The Morgan fingerprint density at radius 3 is 2.59 bits per heavy atom. The second kappa shape index (κ2) is 9.14. The van der Waals surface area contributed by atoms with Crippen LogP contribution in [0.2, 0.25) is 0 Å². The van der Waals surface area contributed by atoms with E-state index in [1.54, 1.807) is 25.2 Å². The second-order valence-corrected chi connectivity index (χ2v) is 9.37. The Balaban J connectivity index is 1.86. The van der Waals surface area contributed by atoms with E-state index in [0.717, 1.165) is 6.20 Å². The molecule has 1 amide bonds. The highest BCUT2D eigenvalue weighted by Crippen LogP contribution is 2.27. The van der Waals surface area contributed by atoms with E-state index in [2.05, 4.69) is 24.1 Å². The third-order valence-electron chi connectivity index (χ3n) is 4.96. The van der Waals surface area contributed by atoms with Crippen molar-refractivity contribution >= 4 is 27.8 Å². The minimum absolute atomic E-state index is 0.225. The van der Waals surface area contributed by atoms with Gasteiger partial charge in [-0.25, -0.2) is 9.18 Å². The Hall–Kier alpha value is -3.16. The Morgan fingerprint density at radius 1 is 1.22 bits per heavy atom. The third kappa shape index (κ3) is 5.36. The molecule has 2 aromatic heterocycles. The van der Waals surface area contributed by atoms with Gasteiger partial charge in [-0.05, 0) is 45.2 Å². The summed E-state index contributed by atoms with van der Waals surface area (Å²) in [6, 6.07) is 4.90. The lowest BCUT2D eigenvalue weighted by Gasteiger charge is -2.25. The molecule has 0 spiro atoms. The van der Waals surface area contributed by atoms with Gasteiger partial charge in [0.2, 0.25) is 0 Å². The van der Waals surface area contributed by atoms with Crippen LogP contribution in [0.4, 0.5) is 9.18 Å². The van der Waals surface area contributed by atoms with Crippen molar-refractivity contribution in [3.05, 3.63) is 46.8 Å². The normalized spacial score (nSPS) is 12.9. The highest BCUT2D eigenvalue weighted by Gasteiger charge is 2.21. The van der Waals surface area contributed by atoms with Crippen molar-refractivity contribution in [3.8, 4) is 5.75 Å². The number of ether oxygens (including phenoxy) is 2. The maximum atomic E-state index is 14.4. The monoisotopic (exact) mass is 443 g/mol. The molecule has 1 atom stereocenters. The standard InChI is InChI=1S/C24H30FN3O4/c1-14(2)9-15(27-23(30)32-24(3,4)5)13-31-16-7-8-17-20(10-16)28(6)22(29)18-11-26-12-19(25)21(17)18/h7-8,10-12,14-15H,9,13H2,1-6H3,(H,27,30). The summed E-state index contributed by atoms with van der Waals surface area (Å²) in [7, 11) is 1.63. The molecule has 0 fully saturated rings. The van der Waals surface area contributed by atoms with Crippen LogP contribution in [0, 0.1) is 11.7 Å². The average Bonchev–Trinajstić information content (AvgIpc) is 2.68. The zero-order chi connectivity index (χ0) is 23.6. The summed E-state index contributed by atoms with van der Waals surface area (Å²) >= 11 is 0. The van der Waals surface area contributed by atoms with E-state index in [-0.39, 0.29) is 29.0 Å². The quantitative estimate of drug-likeness (QED) is 0.566. The molecule has 0 aliphatic rings. The first-order valence-corrected chi connectivity index (χ1v) is 10.6. The smallest absolute Gasteiger partial charge is 0.407 e. The molecule has 1 unspecified atom stereocenters. The van der Waals surface area contributed by atoms with Crippen LogP contribution < -0.4 is 15.6 Å². The van der Waals surface area contributed by atoms with Crippen LogP contribution in [0.3, 0.4) is 0 Å². The van der Waals surface area contributed by atoms with Crippen LogP contribution >= 0.6 is 0 Å². The molecule has 32 heavy (non-hydrogen) atoms. The van der Waals surface area contributed by atoms with Gasteiger partial charge in [-0.3, -0.25) is 9.78 Å². The van der Waals surface area contributed by atoms with Gasteiger partial charge in [0, 0.05) is 30.1 Å². The van der Waals surface area contributed by atoms with Crippen LogP contribution in [0.1, 0.15) is 41.0 Å². The molecule has 2 heterocycles. The van der Waals surface area contributed by atoms with Crippen molar-refractivity contribution in [3.63, 3.8) is 0 Å². The number of nitrogens with zero attached hydrogens (tertiary/aromatic N) is 2. The van der Waals surface area contributed by atoms with E-state index < -0.39 is 17.5 Å². The number of pyridine rings is 2. The molecule has 8 heteroatoms. The molecular formula is C24H30FN3O4. The first-order chi connectivity index (χ1) is 15.0. The molecule has 1 N–H and O–H groups in total. The molecule has 3 rings (SSSR count). The number of benzene rings is 1. The summed E-state index contributed by atoms with van der Waals surface area (Å²) in [5, 5.41) is 3.94. The Labute approximate surface area is 186 Å². The van der Waals surface area contributed by atoms with E-state index in [0.29, 0.717) is 29.0 Å². The van der Waals surface area contributed by atoms with Gasteiger partial charge in [0.1, 0.15) is 23.8 Å². The summed E-state index contributed by atoms with van der Waals surface area (Å²) in [4.78, 5) is 28.7. The fourth-order valence-electron chi connectivity index (χ4n) is 3.66. The minimum Gasteiger partial charge on any atom is -0.491 e. The topological polar surface area (TPSA) is 82.5 Å². The SMILES string of the molecule is CC(C)CC(COc1ccc2c3c(F)cncc3c(=O)n(C)c2c1)NC(=O)OC(C)(C)C. The number of aromatic nitrogens is 2. The van der Waals surface area contributed by atoms with Crippen molar-refractivity contribution in [2.24, 2.45) is 13.0 Å². The molecule has 0 bridgehead atoms. The van der Waals surface area contributed by atoms with Gasteiger partial charge >= 0.3 is 6.09 Å². The van der Waals surface area contributed by atoms with E-state index in [4.69, 9.17) is 9.47 Å². The first-order valence-electron chi connectivity index (χ1n) is 10.6. The van der Waals surface area contributed by atoms with E-state index in [1.807, 2.05) is 20.8 Å². The lowest BCUT2D eigenvalue weighted by Crippen LogP contribution is -2.42. The molecule has 0 aliphatic heterocycles. The zero-order valence-corrected chi connectivity index (χ0v) is 19.4. The first kappa shape index (κ1) is 23.5. The maximum Gasteiger partial charge on any atom is 0.407 e. The summed E-state index contributed by atoms with van der Waals surface area (Å²) in [6.07, 6.45) is 2.69. The van der Waals surface area contributed by atoms with Gasteiger partial charge in [-0.2, -0.15) is 0 Å². The Bertz CT molecular complexity index is 1200. The fraction of sp³-hybridized carbons (Fsp3) is 0.458. The van der Waals surface area contributed by atoms with Crippen LogP contribution in [0.25, 0.3) is 21.7 Å². The largest absolute Gasteiger partial charge is 0.491 e. The van der Waals surface area contributed by atoms with Crippen molar-refractivity contribution in [2.75, 3.05) is 6.61 Å². The number of halogens is 1. The second-order valence-electron chi connectivity index (χ2n) is 9.37. The number of hydrogen-bond acceptors (Lipinski definition) is 5. The van der Waals surface area contributed by atoms with Crippen molar-refractivity contribution in [2.45, 2.75) is 52.7 Å². The summed E-state index contributed by atoms with van der Waals surface area (Å²) in [5.41, 5.74) is -0.379. The number of aryl methyl sites for hydroxylation is 1. The Kier molecular flexibility index (Phi) is 6.71. The predicted molar refractivity (Wildman–Crippen MR) is 123 cm³/mol. The summed E-state index contributed by atoms with van der Waals surface area (Å²) in [6.45, 7) is 9.77. The number of carbonyl (C=O) groups is 1. The number of amides is 1. The lowest BCUT2D eigenvalue weighted by molar-refractivity contribution is 0.0480. The van der Waals surface area contributed by atoms with Crippen LogP contribution in [0.15, 0.2) is 35.4 Å². The van der Waals surface area contributed by atoms with E-state index in [1.165, 1.54) is 10.8 Å². The van der Waals surface area contributed by atoms with Crippen LogP contribution in [0.5, 0.6) is 5.75 Å². The molecule has 0 aliphatic carbocycles. The Morgan fingerprint density at radius 2 is 1.94 bits per heavy atom. The number of rotatable bonds is 6. The molecule has 172 valence electrons. The third-order valence-corrected chi connectivity index (χ3v) is 4.96. The van der Waals surface area contributed by atoms with Gasteiger partial charge in [-0.15, -0.1) is 0 Å². The van der Waals surface area contributed by atoms with Gasteiger partial charge < -0.3 is 19.4 Å². The van der Waals surface area contributed by atoms with Gasteiger partial charge in [0.15, 0.2) is 0 Å². The zero-order valence-electron chi connectivity index (χ0n) is 19.4. The molecule has 7 nitrogen and oxygen atoms in total. The van der Waals surface area contributed by atoms with Crippen LogP contribution in [-0.4, -0.2) is 33.9 Å². The minimum atomic E-state index is -0.593. The van der Waals surface area contributed by atoms with E-state index >= 15 is 0 Å². The van der Waals surface area contributed by atoms with Gasteiger partial charge in [-0.1, -0.05) is 13.8 Å². The lowest BCUT2D eigenvalue weighted by atomic mass is 10.0. The number of alkyl carbamates (subject to hydrolysis) is 1.